The van der Waals surface area contributed by atoms with Crippen molar-refractivity contribution in [2.24, 2.45) is 17.4 Å². The van der Waals surface area contributed by atoms with Crippen molar-refractivity contribution in [2.45, 2.75) is 50.0 Å². The summed E-state index contributed by atoms with van der Waals surface area (Å²) in [6.45, 7) is 0.365. The van der Waals surface area contributed by atoms with Gasteiger partial charge in [0, 0.05) is 25.6 Å². The van der Waals surface area contributed by atoms with Gasteiger partial charge in [0.1, 0.15) is 11.3 Å². The van der Waals surface area contributed by atoms with Crippen LogP contribution in [0.25, 0.3) is 0 Å². The summed E-state index contributed by atoms with van der Waals surface area (Å²) < 4.78 is 91.2. The average molecular weight is 608 g/mol. The number of Topliss-reactive ketones (excluding diaryl/α,β-unsaturated/α-hetero) is 1. The molecule has 1 rings (SSSR count). The molecule has 1 fully saturated rings. The first-order valence-corrected chi connectivity index (χ1v) is 11.7. The molecule has 1 heterocycles. The third kappa shape index (κ3) is 14.4. The first-order chi connectivity index (χ1) is 17.3. The maximum absolute atomic E-state index is 12.3. The number of hydrogen-bond donors (Lipinski definition) is 8. The highest BCUT2D eigenvalue weighted by Crippen LogP contribution is 2.31. The van der Waals surface area contributed by atoms with E-state index in [4.69, 9.17) is 41.3 Å². The van der Waals surface area contributed by atoms with E-state index < -0.39 is 71.6 Å². The SMILES string of the molecule is CC(=O)[C@@H](N)CNS(=O)(=O)N1C[C@H](CCCB(O)O)[C@](N)(C(=O)O)C1.O=C(O)C(F)(F)F.O=C(O)C(F)(F)F. The number of aliphatic carboxylic acids is 3. The number of carboxylic acid groups (broad SMARTS) is 3. The normalized spacial score (nSPS) is 20.5. The van der Waals surface area contributed by atoms with Crippen LogP contribution in [0, 0.1) is 5.92 Å². The van der Waals surface area contributed by atoms with Crippen LogP contribution < -0.4 is 16.2 Å². The molecule has 1 aliphatic heterocycles. The van der Waals surface area contributed by atoms with Crippen molar-refractivity contribution < 1.29 is 79.3 Å². The Balaban J connectivity index is 0. The minimum absolute atomic E-state index is 0.0324. The van der Waals surface area contributed by atoms with Crippen LogP contribution >= 0.6 is 0 Å². The van der Waals surface area contributed by atoms with Gasteiger partial charge >= 0.3 is 37.4 Å². The number of nitrogens with two attached hydrogens (primary N) is 2. The van der Waals surface area contributed by atoms with Gasteiger partial charge in [-0.2, -0.15) is 39.1 Å². The zero-order chi connectivity index (χ0) is 31.6. The van der Waals surface area contributed by atoms with E-state index >= 15 is 0 Å². The maximum atomic E-state index is 12.3. The lowest BCUT2D eigenvalue weighted by Gasteiger charge is -2.25. The molecule has 1 saturated heterocycles. The Morgan fingerprint density at radius 3 is 1.77 bits per heavy atom. The van der Waals surface area contributed by atoms with Crippen LogP contribution in [-0.4, -0.2) is 112 Å². The van der Waals surface area contributed by atoms with E-state index in [2.05, 4.69) is 4.72 Å². The summed E-state index contributed by atoms with van der Waals surface area (Å²) in [6.07, 6.45) is -9.63. The number of halogens is 6. The van der Waals surface area contributed by atoms with E-state index in [1.54, 1.807) is 0 Å². The fraction of sp³-hybridized carbons (Fsp3) is 0.750. The van der Waals surface area contributed by atoms with Crippen LogP contribution in [0.1, 0.15) is 19.8 Å². The lowest BCUT2D eigenvalue weighted by molar-refractivity contribution is -0.193. The predicted octanol–water partition coefficient (Wildman–Crippen LogP) is -2.03. The van der Waals surface area contributed by atoms with Crippen molar-refractivity contribution >= 4 is 41.0 Å². The van der Waals surface area contributed by atoms with Gasteiger partial charge in [-0.1, -0.05) is 6.42 Å². The second-order valence-electron chi connectivity index (χ2n) is 7.92. The number of carboxylic acids is 3. The van der Waals surface area contributed by atoms with Crippen molar-refractivity contribution in [3.63, 3.8) is 0 Å². The molecule has 0 unspecified atom stereocenters. The lowest BCUT2D eigenvalue weighted by atomic mass is 9.78. The van der Waals surface area contributed by atoms with Crippen molar-refractivity contribution in [3.8, 4) is 0 Å². The smallest absolute Gasteiger partial charge is 0.480 e. The third-order valence-corrected chi connectivity index (χ3v) is 6.33. The maximum Gasteiger partial charge on any atom is 0.490 e. The van der Waals surface area contributed by atoms with E-state index in [9.17, 15) is 49.5 Å². The van der Waals surface area contributed by atoms with Gasteiger partial charge in [-0.25, -0.2) is 14.3 Å². The Bertz CT molecular complexity index is 943. The molecule has 0 saturated carbocycles. The fourth-order valence-corrected chi connectivity index (χ4v) is 3.98. The second kappa shape index (κ2) is 15.3. The molecule has 0 aromatic rings. The minimum atomic E-state index is -5.08. The predicted molar refractivity (Wildman–Crippen MR) is 117 cm³/mol. The number of carbonyl (C=O) groups is 4. The van der Waals surface area contributed by atoms with Gasteiger partial charge in [0.05, 0.1) is 6.04 Å². The van der Waals surface area contributed by atoms with Crippen LogP contribution in [0.15, 0.2) is 0 Å². The van der Waals surface area contributed by atoms with Crippen LogP contribution in [0.5, 0.6) is 0 Å². The van der Waals surface area contributed by atoms with Gasteiger partial charge in [0.15, 0.2) is 0 Å². The van der Waals surface area contributed by atoms with Crippen molar-refractivity contribution in [2.75, 3.05) is 19.6 Å². The van der Waals surface area contributed by atoms with E-state index in [1.807, 2.05) is 0 Å². The molecule has 228 valence electrons. The van der Waals surface area contributed by atoms with Gasteiger partial charge in [-0.15, -0.1) is 0 Å². The number of hydrogen-bond acceptors (Lipinski definition) is 10. The highest BCUT2D eigenvalue weighted by molar-refractivity contribution is 7.87. The van der Waals surface area contributed by atoms with Gasteiger partial charge in [0.25, 0.3) is 10.2 Å². The van der Waals surface area contributed by atoms with Crippen molar-refractivity contribution in [1.82, 2.24) is 9.03 Å². The highest BCUT2D eigenvalue weighted by Gasteiger charge is 2.52. The van der Waals surface area contributed by atoms with Crippen LogP contribution in [0.3, 0.4) is 0 Å². The third-order valence-electron chi connectivity index (χ3n) is 4.84. The summed E-state index contributed by atoms with van der Waals surface area (Å²) >= 11 is 0. The van der Waals surface area contributed by atoms with Gasteiger partial charge in [-0.3, -0.25) is 9.59 Å². The van der Waals surface area contributed by atoms with Crippen LogP contribution in [-0.2, 0) is 29.4 Å². The first-order valence-electron chi connectivity index (χ1n) is 10.3. The molecule has 15 nitrogen and oxygen atoms in total. The molecule has 0 amide bonds. The summed E-state index contributed by atoms with van der Waals surface area (Å²) in [7, 11) is -5.58. The molecule has 0 radical (unpaired) electrons. The first kappa shape index (κ1) is 38.6. The number of nitrogens with zero attached hydrogens (tertiary/aromatic N) is 1. The average Bonchev–Trinajstić information content (AvgIpc) is 3.10. The molecular formula is C16H27BF6N4O11S. The van der Waals surface area contributed by atoms with E-state index in [0.717, 1.165) is 4.31 Å². The van der Waals surface area contributed by atoms with Gasteiger partial charge in [0.2, 0.25) is 0 Å². The molecule has 0 aromatic heterocycles. The Morgan fingerprint density at radius 2 is 1.46 bits per heavy atom. The minimum Gasteiger partial charge on any atom is -0.480 e. The fourth-order valence-electron chi connectivity index (χ4n) is 2.65. The molecule has 0 spiro atoms. The van der Waals surface area contributed by atoms with Crippen molar-refractivity contribution in [1.29, 1.82) is 0 Å². The molecular weight excluding hydrogens is 581 g/mol. The summed E-state index contributed by atoms with van der Waals surface area (Å²) in [5, 5.41) is 41.4. The zero-order valence-corrected chi connectivity index (χ0v) is 20.8. The monoisotopic (exact) mass is 608 g/mol. The topological polar surface area (TPSA) is 271 Å². The largest absolute Gasteiger partial charge is 0.490 e. The van der Waals surface area contributed by atoms with Crippen molar-refractivity contribution in [3.05, 3.63) is 0 Å². The highest BCUT2D eigenvalue weighted by atomic mass is 32.2. The number of alkyl halides is 6. The van der Waals surface area contributed by atoms with Crippen LogP contribution in [0.2, 0.25) is 6.32 Å². The summed E-state index contributed by atoms with van der Waals surface area (Å²) in [4.78, 5) is 40.4. The van der Waals surface area contributed by atoms with Gasteiger partial charge in [-0.05, 0) is 19.7 Å². The molecule has 39 heavy (non-hydrogen) atoms. The van der Waals surface area contributed by atoms with E-state index in [-0.39, 0.29) is 38.0 Å². The number of nitrogens with one attached hydrogen (secondary N) is 1. The molecule has 10 N–H and O–H groups in total. The number of rotatable bonds is 10. The van der Waals surface area contributed by atoms with Gasteiger partial charge < -0.3 is 36.8 Å². The second-order valence-corrected chi connectivity index (χ2v) is 9.68. The lowest BCUT2D eigenvalue weighted by Crippen LogP contribution is -2.55. The quantitative estimate of drug-likeness (QED) is 0.0983. The Kier molecular flexibility index (Phi) is 15.1. The summed E-state index contributed by atoms with van der Waals surface area (Å²) in [6, 6.07) is -0.999. The Labute approximate surface area is 217 Å². The Hall–Kier alpha value is -2.57. The Morgan fingerprint density at radius 1 is 1.05 bits per heavy atom. The number of ketones is 1. The molecule has 0 aromatic carbocycles. The van der Waals surface area contributed by atoms with E-state index in [1.165, 1.54) is 6.92 Å². The van der Waals surface area contributed by atoms with E-state index in [0.29, 0.717) is 0 Å². The summed E-state index contributed by atoms with van der Waals surface area (Å²) in [5.41, 5.74) is 9.62. The summed E-state index contributed by atoms with van der Waals surface area (Å²) in [5.74, 6) is -7.93. The number of carbonyl (C=O) groups excluding carboxylic acids is 1. The molecule has 1 aliphatic rings. The molecule has 3 atom stereocenters. The molecule has 0 bridgehead atoms. The standard InChI is InChI=1S/C12H25BN4O7S.2C2HF3O2/c1-8(18)10(14)5-16-25(23,24)17-6-9(3-2-4-13(21)22)12(15,7-17)11(19)20;2*3-2(4,5)1(6)7/h9-10,16,21-22H,2-7,14-15H2,1H3,(H,19,20);2*(H,6,7)/t9-,10-,12-;;/m0../s1. The van der Waals surface area contributed by atoms with Crippen LogP contribution in [0.4, 0.5) is 26.3 Å². The molecule has 23 heteroatoms. The molecule has 0 aliphatic carbocycles. The zero-order valence-electron chi connectivity index (χ0n) is 19.9.